The molecule has 0 radical (unpaired) electrons. The van der Waals surface area contributed by atoms with Gasteiger partial charge in [0.05, 0.1) is 11.5 Å². The summed E-state index contributed by atoms with van der Waals surface area (Å²) >= 11 is 0. The minimum absolute atomic E-state index is 0.0526. The number of hydrogen-bond acceptors (Lipinski definition) is 7. The lowest BCUT2D eigenvalue weighted by molar-refractivity contribution is -0.141. The van der Waals surface area contributed by atoms with E-state index in [4.69, 9.17) is 9.15 Å². The minimum atomic E-state index is -3.13. The van der Waals surface area contributed by atoms with Crippen LogP contribution in [-0.2, 0) is 19.4 Å². The maximum atomic E-state index is 12.6. The van der Waals surface area contributed by atoms with Crippen LogP contribution in [0.1, 0.15) is 41.9 Å². The van der Waals surface area contributed by atoms with Crippen LogP contribution in [-0.4, -0.2) is 55.4 Å². The van der Waals surface area contributed by atoms with Gasteiger partial charge in [0.1, 0.15) is 11.3 Å². The number of nitrogens with zero attached hydrogens (tertiary/aromatic N) is 1. The Morgan fingerprint density at radius 2 is 2.04 bits per heavy atom. The van der Waals surface area contributed by atoms with Crippen molar-refractivity contribution in [3.8, 4) is 0 Å². The van der Waals surface area contributed by atoms with Crippen LogP contribution in [0, 0.1) is 13.8 Å². The zero-order valence-electron chi connectivity index (χ0n) is 15.3. The molecule has 0 N–H and O–H groups in total. The molecule has 0 spiro atoms. The standard InChI is InChI=1S/C17H23NO7S/c1-5-18(13-6-7-26(22,23)9-13)16(20)12(4)25-17(21)15-10(2)8-14(19)24-11(15)3/h8,12-13H,5-7,9H2,1-4H3. The van der Waals surface area contributed by atoms with Crippen LogP contribution in [0.15, 0.2) is 15.3 Å². The van der Waals surface area contributed by atoms with E-state index in [1.165, 1.54) is 24.8 Å². The fourth-order valence-electron chi connectivity index (χ4n) is 3.18. The van der Waals surface area contributed by atoms with Crippen LogP contribution in [0.3, 0.4) is 0 Å². The minimum Gasteiger partial charge on any atom is -0.449 e. The van der Waals surface area contributed by atoms with Crippen molar-refractivity contribution in [3.63, 3.8) is 0 Å². The fraction of sp³-hybridized carbons (Fsp3) is 0.588. The van der Waals surface area contributed by atoms with Gasteiger partial charge in [0.2, 0.25) is 0 Å². The third kappa shape index (κ3) is 4.32. The quantitative estimate of drug-likeness (QED) is 0.691. The lowest BCUT2D eigenvalue weighted by Crippen LogP contribution is -2.46. The third-order valence-corrected chi connectivity index (χ3v) is 6.19. The van der Waals surface area contributed by atoms with E-state index in [2.05, 4.69) is 0 Å². The SMILES string of the molecule is CCN(C(=O)C(C)OC(=O)c1c(C)cc(=O)oc1C)C1CCS(=O)(=O)C1. The van der Waals surface area contributed by atoms with Crippen molar-refractivity contribution in [2.24, 2.45) is 0 Å². The van der Waals surface area contributed by atoms with Crippen molar-refractivity contribution < 1.29 is 27.2 Å². The van der Waals surface area contributed by atoms with Gasteiger partial charge >= 0.3 is 11.6 Å². The molecule has 1 amide bonds. The van der Waals surface area contributed by atoms with Gasteiger partial charge < -0.3 is 14.1 Å². The molecule has 2 heterocycles. The molecule has 1 aliphatic heterocycles. The van der Waals surface area contributed by atoms with Gasteiger partial charge in [-0.15, -0.1) is 0 Å². The van der Waals surface area contributed by atoms with Crippen molar-refractivity contribution in [1.82, 2.24) is 4.90 Å². The summed E-state index contributed by atoms with van der Waals surface area (Å²) in [5.74, 6) is -1.11. The second-order valence-electron chi connectivity index (χ2n) is 6.41. The van der Waals surface area contributed by atoms with E-state index in [9.17, 15) is 22.8 Å². The molecule has 0 bridgehead atoms. The lowest BCUT2D eigenvalue weighted by Gasteiger charge is -2.29. The van der Waals surface area contributed by atoms with Crippen molar-refractivity contribution in [3.05, 3.63) is 33.4 Å². The van der Waals surface area contributed by atoms with Gasteiger partial charge in [-0.2, -0.15) is 0 Å². The first-order valence-electron chi connectivity index (χ1n) is 8.39. The number of rotatable bonds is 5. The smallest absolute Gasteiger partial charge is 0.342 e. The summed E-state index contributed by atoms with van der Waals surface area (Å²) in [6, 6.07) is 0.773. The number of likely N-dealkylation sites (N-methyl/N-ethyl adjacent to an activating group) is 1. The molecule has 26 heavy (non-hydrogen) atoms. The van der Waals surface area contributed by atoms with E-state index < -0.39 is 39.5 Å². The molecule has 1 aromatic heterocycles. The fourth-order valence-corrected chi connectivity index (χ4v) is 4.91. The zero-order valence-corrected chi connectivity index (χ0v) is 16.1. The molecule has 1 aliphatic rings. The predicted octanol–water partition coefficient (Wildman–Crippen LogP) is 0.838. The Morgan fingerprint density at radius 1 is 1.38 bits per heavy atom. The summed E-state index contributed by atoms with van der Waals surface area (Å²) in [6.45, 7) is 6.56. The van der Waals surface area contributed by atoms with E-state index in [-0.39, 0.29) is 22.8 Å². The average Bonchev–Trinajstić information content (AvgIpc) is 2.86. The van der Waals surface area contributed by atoms with E-state index in [0.717, 1.165) is 0 Å². The van der Waals surface area contributed by atoms with Gasteiger partial charge in [-0.05, 0) is 39.7 Å². The first kappa shape index (κ1) is 20.2. The average molecular weight is 385 g/mol. The maximum absolute atomic E-state index is 12.6. The summed E-state index contributed by atoms with van der Waals surface area (Å²) in [5, 5.41) is 0. The largest absolute Gasteiger partial charge is 0.449 e. The molecule has 9 heteroatoms. The molecule has 2 atom stereocenters. The van der Waals surface area contributed by atoms with Crippen molar-refractivity contribution in [2.45, 2.75) is 46.3 Å². The highest BCUT2D eigenvalue weighted by molar-refractivity contribution is 7.91. The van der Waals surface area contributed by atoms with E-state index >= 15 is 0 Å². The molecule has 2 rings (SSSR count). The Labute approximate surface area is 152 Å². The molecule has 0 aromatic carbocycles. The number of carbonyl (C=O) groups is 2. The summed E-state index contributed by atoms with van der Waals surface area (Å²) < 4.78 is 33.5. The Bertz CT molecular complexity index is 845. The highest BCUT2D eigenvalue weighted by Gasteiger charge is 2.36. The number of aryl methyl sites for hydroxylation is 2. The predicted molar refractivity (Wildman–Crippen MR) is 93.8 cm³/mol. The highest BCUT2D eigenvalue weighted by Crippen LogP contribution is 2.20. The van der Waals surface area contributed by atoms with E-state index in [0.29, 0.717) is 18.5 Å². The molecule has 0 saturated carbocycles. The van der Waals surface area contributed by atoms with E-state index in [1.54, 1.807) is 13.8 Å². The molecular formula is C17H23NO7S. The molecule has 2 unspecified atom stereocenters. The Hall–Kier alpha value is -2.16. The molecule has 0 aliphatic carbocycles. The van der Waals surface area contributed by atoms with Crippen LogP contribution >= 0.6 is 0 Å². The first-order chi connectivity index (χ1) is 12.1. The van der Waals surface area contributed by atoms with Crippen LogP contribution < -0.4 is 5.63 Å². The molecule has 144 valence electrons. The number of ether oxygens (including phenoxy) is 1. The van der Waals surface area contributed by atoms with Gasteiger partial charge in [-0.3, -0.25) is 4.79 Å². The number of carbonyl (C=O) groups excluding carboxylic acids is 2. The molecular weight excluding hydrogens is 362 g/mol. The van der Waals surface area contributed by atoms with Crippen LogP contribution in [0.2, 0.25) is 0 Å². The molecule has 8 nitrogen and oxygen atoms in total. The van der Waals surface area contributed by atoms with Gasteiger partial charge in [0.15, 0.2) is 15.9 Å². The lowest BCUT2D eigenvalue weighted by atomic mass is 10.1. The zero-order chi connectivity index (χ0) is 19.6. The Kier molecular flexibility index (Phi) is 5.90. The number of amides is 1. The van der Waals surface area contributed by atoms with Crippen molar-refractivity contribution in [1.29, 1.82) is 0 Å². The third-order valence-electron chi connectivity index (χ3n) is 4.44. The normalized spacial score (nSPS) is 19.8. The maximum Gasteiger partial charge on any atom is 0.342 e. The highest BCUT2D eigenvalue weighted by atomic mass is 32.2. The van der Waals surface area contributed by atoms with Crippen molar-refractivity contribution in [2.75, 3.05) is 18.1 Å². The second-order valence-corrected chi connectivity index (χ2v) is 8.64. The summed E-state index contributed by atoms with van der Waals surface area (Å²) in [5.41, 5.74) is -0.0614. The molecule has 1 saturated heterocycles. The number of sulfone groups is 1. The van der Waals surface area contributed by atoms with Crippen LogP contribution in [0.4, 0.5) is 0 Å². The molecule has 1 fully saturated rings. The van der Waals surface area contributed by atoms with Gasteiger partial charge in [-0.25, -0.2) is 18.0 Å². The first-order valence-corrected chi connectivity index (χ1v) is 10.2. The summed E-state index contributed by atoms with van der Waals surface area (Å²) in [6.07, 6.45) is -0.707. The van der Waals surface area contributed by atoms with Crippen LogP contribution in [0.5, 0.6) is 0 Å². The van der Waals surface area contributed by atoms with Gasteiger partial charge in [0.25, 0.3) is 5.91 Å². The van der Waals surface area contributed by atoms with Crippen LogP contribution in [0.25, 0.3) is 0 Å². The van der Waals surface area contributed by atoms with E-state index in [1.807, 2.05) is 0 Å². The number of hydrogen-bond donors (Lipinski definition) is 0. The van der Waals surface area contributed by atoms with Crippen molar-refractivity contribution >= 4 is 21.7 Å². The summed E-state index contributed by atoms with van der Waals surface area (Å²) in [7, 11) is -3.13. The monoisotopic (exact) mass is 385 g/mol. The second kappa shape index (κ2) is 7.61. The van der Waals surface area contributed by atoms with Gasteiger partial charge in [-0.1, -0.05) is 0 Å². The Balaban J connectivity index is 2.13. The van der Waals surface area contributed by atoms with Gasteiger partial charge in [0, 0.05) is 18.7 Å². The summed E-state index contributed by atoms with van der Waals surface area (Å²) in [4.78, 5) is 37.8. The Morgan fingerprint density at radius 3 is 2.54 bits per heavy atom. The molecule has 1 aromatic rings. The topological polar surface area (TPSA) is 111 Å². The number of esters is 1.